The largest absolute Gasteiger partial charge is 0.458 e. The van der Waals surface area contributed by atoms with Crippen LogP contribution in [0.2, 0.25) is 0 Å². The van der Waals surface area contributed by atoms with E-state index in [0.717, 1.165) is 0 Å². The van der Waals surface area contributed by atoms with Gasteiger partial charge in [-0.3, -0.25) is 0 Å². The Morgan fingerprint density at radius 2 is 1.91 bits per heavy atom. The molecule has 0 aromatic rings. The third-order valence-electron chi connectivity index (χ3n) is 6.26. The number of carbonyl (C=O) groups is 1. The molecule has 2 aliphatic carbocycles. The zero-order valence-electron chi connectivity index (χ0n) is 12.4. The van der Waals surface area contributed by atoms with Crippen LogP contribution in [0.25, 0.3) is 0 Å². The molecular formula is C15H20O7. The Kier molecular flexibility index (Phi) is 2.48. The molecule has 0 amide bonds. The number of hydrogen-bond acceptors (Lipinski definition) is 7. The standard InChI is InChI=1S/C15H20O7/c1-5-6-4-7(16)14(3,20)15-9(8(6)21-12(5)18)13(2,19)10(17)11(15)22-15/h6-11,16-17,19-20H,1,4H2,2-3H3/t6-,7+,8-,9-,10-,11+,13-,14+,15-/m0/s1. The summed E-state index contributed by atoms with van der Waals surface area (Å²) in [7, 11) is 0. The van der Waals surface area contributed by atoms with Crippen molar-refractivity contribution in [2.75, 3.05) is 0 Å². The van der Waals surface area contributed by atoms with E-state index in [1.807, 2.05) is 0 Å². The van der Waals surface area contributed by atoms with Crippen LogP contribution in [0, 0.1) is 11.8 Å². The van der Waals surface area contributed by atoms with Gasteiger partial charge in [-0.15, -0.1) is 0 Å². The maximum atomic E-state index is 11.9. The van der Waals surface area contributed by atoms with Crippen molar-refractivity contribution in [3.8, 4) is 0 Å². The SMILES string of the molecule is C=C1C(=O)O[C@H]2[C@H]1C[C@@H](O)[C@@](C)(O)[C@@]13O[C@@H]1[C@H](O)[C@@](C)(O)[C@H]23. The molecule has 4 aliphatic rings. The van der Waals surface area contributed by atoms with E-state index < -0.39 is 59.0 Å². The van der Waals surface area contributed by atoms with E-state index in [2.05, 4.69) is 6.58 Å². The molecule has 0 radical (unpaired) electrons. The van der Waals surface area contributed by atoms with Crippen molar-refractivity contribution in [1.29, 1.82) is 0 Å². The topological polar surface area (TPSA) is 120 Å². The van der Waals surface area contributed by atoms with E-state index >= 15 is 0 Å². The van der Waals surface area contributed by atoms with E-state index in [4.69, 9.17) is 9.47 Å². The molecule has 2 heterocycles. The number of rotatable bonds is 0. The van der Waals surface area contributed by atoms with Gasteiger partial charge in [-0.2, -0.15) is 0 Å². The minimum absolute atomic E-state index is 0.0861. The normalized spacial score (nSPS) is 62.8. The van der Waals surface area contributed by atoms with Crippen LogP contribution in [0.3, 0.4) is 0 Å². The summed E-state index contributed by atoms with van der Waals surface area (Å²) in [4.78, 5) is 11.9. The molecule has 0 unspecified atom stereocenters. The highest BCUT2D eigenvalue weighted by Crippen LogP contribution is 2.68. The van der Waals surface area contributed by atoms with Gasteiger partial charge in [-0.25, -0.2) is 4.79 Å². The van der Waals surface area contributed by atoms with Crippen LogP contribution in [-0.2, 0) is 14.3 Å². The van der Waals surface area contributed by atoms with Crippen LogP contribution in [-0.4, -0.2) is 67.6 Å². The van der Waals surface area contributed by atoms with Crippen molar-refractivity contribution < 1.29 is 34.7 Å². The second-order valence-corrected chi connectivity index (χ2v) is 7.38. The van der Waals surface area contributed by atoms with Crippen molar-refractivity contribution in [3.05, 3.63) is 12.2 Å². The molecule has 2 saturated carbocycles. The van der Waals surface area contributed by atoms with Gasteiger partial charge in [0, 0.05) is 11.5 Å². The van der Waals surface area contributed by atoms with Crippen molar-refractivity contribution in [2.24, 2.45) is 11.8 Å². The van der Waals surface area contributed by atoms with Gasteiger partial charge in [0.15, 0.2) is 0 Å². The Bertz CT molecular complexity index is 582. The van der Waals surface area contributed by atoms with E-state index in [9.17, 15) is 25.2 Å². The highest BCUT2D eigenvalue weighted by molar-refractivity contribution is 5.91. The van der Waals surface area contributed by atoms with Gasteiger partial charge in [-0.05, 0) is 20.3 Å². The molecule has 4 rings (SSSR count). The summed E-state index contributed by atoms with van der Waals surface area (Å²) < 4.78 is 11.0. The van der Waals surface area contributed by atoms with Crippen molar-refractivity contribution in [1.82, 2.24) is 0 Å². The second kappa shape index (κ2) is 3.73. The fourth-order valence-corrected chi connectivity index (χ4v) is 4.89. The summed E-state index contributed by atoms with van der Waals surface area (Å²) in [6.45, 7) is 6.59. The second-order valence-electron chi connectivity index (χ2n) is 7.38. The average Bonchev–Trinajstić information content (AvgIpc) is 3.07. The Hall–Kier alpha value is -0.990. The molecule has 4 N–H and O–H groups in total. The zero-order chi connectivity index (χ0) is 16.2. The highest BCUT2D eigenvalue weighted by atomic mass is 16.7. The summed E-state index contributed by atoms with van der Waals surface area (Å²) in [6.07, 6.45) is -3.93. The van der Waals surface area contributed by atoms with Crippen LogP contribution in [0.5, 0.6) is 0 Å². The third kappa shape index (κ3) is 1.29. The summed E-state index contributed by atoms with van der Waals surface area (Å²) in [6, 6.07) is 0. The predicted molar refractivity (Wildman–Crippen MR) is 71.5 cm³/mol. The number of aliphatic hydroxyl groups is 4. The van der Waals surface area contributed by atoms with Crippen LogP contribution in [0.15, 0.2) is 12.2 Å². The number of aliphatic hydroxyl groups excluding tert-OH is 2. The first-order chi connectivity index (χ1) is 10.1. The zero-order valence-corrected chi connectivity index (χ0v) is 12.4. The maximum Gasteiger partial charge on any atom is 0.334 e. The Balaban J connectivity index is 1.90. The lowest BCUT2D eigenvalue weighted by molar-refractivity contribution is -0.187. The molecule has 0 aromatic heterocycles. The molecule has 1 spiro atoms. The Labute approximate surface area is 127 Å². The highest BCUT2D eigenvalue weighted by Gasteiger charge is 2.87. The number of ether oxygens (including phenoxy) is 2. The van der Waals surface area contributed by atoms with Crippen LogP contribution in [0.1, 0.15) is 20.3 Å². The van der Waals surface area contributed by atoms with Gasteiger partial charge < -0.3 is 29.9 Å². The first kappa shape index (κ1) is 14.6. The fraction of sp³-hybridized carbons (Fsp3) is 0.800. The van der Waals surface area contributed by atoms with Gasteiger partial charge >= 0.3 is 5.97 Å². The first-order valence-corrected chi connectivity index (χ1v) is 7.45. The molecule has 9 atom stereocenters. The predicted octanol–water partition coefficient (Wildman–Crippen LogP) is -1.52. The lowest BCUT2D eigenvalue weighted by Crippen LogP contribution is -2.59. The van der Waals surface area contributed by atoms with Gasteiger partial charge in [0.2, 0.25) is 0 Å². The van der Waals surface area contributed by atoms with E-state index in [1.54, 1.807) is 0 Å². The maximum absolute atomic E-state index is 11.9. The summed E-state index contributed by atoms with van der Waals surface area (Å²) in [5.74, 6) is -1.95. The molecule has 0 aromatic carbocycles. The molecule has 0 bridgehead atoms. The molecule has 22 heavy (non-hydrogen) atoms. The van der Waals surface area contributed by atoms with Gasteiger partial charge in [0.05, 0.1) is 17.6 Å². The Morgan fingerprint density at radius 1 is 1.27 bits per heavy atom. The number of hydrogen-bond donors (Lipinski definition) is 4. The summed E-state index contributed by atoms with van der Waals surface area (Å²) >= 11 is 0. The Morgan fingerprint density at radius 3 is 2.55 bits per heavy atom. The van der Waals surface area contributed by atoms with Crippen LogP contribution >= 0.6 is 0 Å². The van der Waals surface area contributed by atoms with Gasteiger partial charge in [0.1, 0.15) is 29.5 Å². The molecular weight excluding hydrogens is 292 g/mol. The van der Waals surface area contributed by atoms with Crippen molar-refractivity contribution in [2.45, 2.75) is 61.5 Å². The van der Waals surface area contributed by atoms with E-state index in [0.29, 0.717) is 0 Å². The minimum atomic E-state index is -1.68. The number of epoxide rings is 1. The van der Waals surface area contributed by atoms with Gasteiger partial charge in [-0.1, -0.05) is 6.58 Å². The summed E-state index contributed by atoms with van der Waals surface area (Å²) in [5, 5.41) is 42.4. The van der Waals surface area contributed by atoms with E-state index in [-0.39, 0.29) is 12.0 Å². The monoisotopic (exact) mass is 312 g/mol. The average molecular weight is 312 g/mol. The first-order valence-electron chi connectivity index (χ1n) is 7.45. The smallest absolute Gasteiger partial charge is 0.334 e. The lowest BCUT2D eigenvalue weighted by atomic mass is 9.72. The molecule has 7 heteroatoms. The summed E-state index contributed by atoms with van der Waals surface area (Å²) in [5.41, 5.74) is -4.41. The number of esters is 1. The minimum Gasteiger partial charge on any atom is -0.458 e. The van der Waals surface area contributed by atoms with E-state index in [1.165, 1.54) is 13.8 Å². The van der Waals surface area contributed by atoms with Crippen molar-refractivity contribution in [3.63, 3.8) is 0 Å². The van der Waals surface area contributed by atoms with Crippen LogP contribution < -0.4 is 0 Å². The fourth-order valence-electron chi connectivity index (χ4n) is 4.89. The third-order valence-corrected chi connectivity index (χ3v) is 6.26. The number of fused-ring (bicyclic) bond motifs is 2. The number of carbonyl (C=O) groups excluding carboxylic acids is 1. The van der Waals surface area contributed by atoms with Gasteiger partial charge in [0.25, 0.3) is 0 Å². The molecule has 4 fully saturated rings. The lowest BCUT2D eigenvalue weighted by Gasteiger charge is -2.41. The molecule has 122 valence electrons. The van der Waals surface area contributed by atoms with Crippen LogP contribution in [0.4, 0.5) is 0 Å². The molecule has 7 nitrogen and oxygen atoms in total. The molecule has 2 saturated heterocycles. The quantitative estimate of drug-likeness (QED) is 0.243. The molecule has 2 aliphatic heterocycles. The van der Waals surface area contributed by atoms with Crippen molar-refractivity contribution >= 4 is 5.97 Å².